The maximum atomic E-state index is 12.7. The predicted octanol–water partition coefficient (Wildman–Crippen LogP) is -0.203. The molecule has 0 saturated heterocycles. The van der Waals surface area contributed by atoms with Crippen LogP contribution in [0.4, 0.5) is 5.69 Å². The summed E-state index contributed by atoms with van der Waals surface area (Å²) in [6, 6.07) is 5.55. The summed E-state index contributed by atoms with van der Waals surface area (Å²) in [4.78, 5) is 16.3. The number of sulfonamides is 1. The quantitative estimate of drug-likeness (QED) is 0.671. The van der Waals surface area contributed by atoms with Crippen molar-refractivity contribution >= 4 is 33.2 Å². The van der Waals surface area contributed by atoms with Crippen molar-refractivity contribution in [2.24, 2.45) is 0 Å². The number of nitrogens with zero attached hydrogens (tertiary/aromatic N) is 2. The van der Waals surface area contributed by atoms with Crippen molar-refractivity contribution in [2.45, 2.75) is 23.3 Å². The number of pyridine rings is 1. The second-order valence-electron chi connectivity index (χ2n) is 6.43. The number of hydrogen-bond donors (Lipinski definition) is 1. The molecule has 0 unspecified atom stereocenters. The van der Waals surface area contributed by atoms with Crippen molar-refractivity contribution in [1.82, 2.24) is 10.3 Å². The van der Waals surface area contributed by atoms with Gasteiger partial charge in [0.25, 0.3) is 5.91 Å². The zero-order valence-electron chi connectivity index (χ0n) is 15.2. The predicted molar refractivity (Wildman–Crippen MR) is 97.4 cm³/mol. The summed E-state index contributed by atoms with van der Waals surface area (Å²) in [5.41, 5.74) is -0.190. The van der Waals surface area contributed by atoms with Crippen LogP contribution in [0, 0.1) is 0 Å². The number of carbonyl (C=O) groups excluding carboxylic acids is 1. The van der Waals surface area contributed by atoms with Crippen molar-refractivity contribution in [3.63, 3.8) is 0 Å². The minimum atomic E-state index is -4.14. The number of amides is 1. The second kappa shape index (κ2) is 7.72. The third-order valence-corrected chi connectivity index (χ3v) is 5.99. The van der Waals surface area contributed by atoms with Crippen LogP contribution in [-0.4, -0.2) is 38.6 Å². The summed E-state index contributed by atoms with van der Waals surface area (Å²) in [7, 11) is -2.79. The average molecular weight is 432 g/mol. The molecular weight excluding hydrogens is 417 g/mol. The Balaban J connectivity index is 0.00000225. The van der Waals surface area contributed by atoms with Crippen molar-refractivity contribution < 1.29 is 52.2 Å². The van der Waals surface area contributed by atoms with Crippen molar-refractivity contribution in [1.29, 1.82) is 0 Å². The van der Waals surface area contributed by atoms with E-state index in [1.54, 1.807) is 0 Å². The molecule has 1 spiro atoms. The first kappa shape index (κ1) is 21.2. The zero-order valence-corrected chi connectivity index (χ0v) is 18.8. The molecule has 2 heterocycles. The molecule has 1 saturated carbocycles. The Morgan fingerprint density at radius 2 is 2.07 bits per heavy atom. The molecule has 1 amide bonds. The van der Waals surface area contributed by atoms with Crippen molar-refractivity contribution in [3.8, 4) is 11.6 Å². The van der Waals surface area contributed by atoms with Crippen LogP contribution < -0.4 is 44.3 Å². The van der Waals surface area contributed by atoms with Gasteiger partial charge in [-0.1, -0.05) is 17.7 Å². The van der Waals surface area contributed by atoms with Gasteiger partial charge < -0.3 is 19.5 Å². The number of halogens is 1. The molecule has 1 aromatic carbocycles. The number of rotatable bonds is 4. The molecule has 0 atom stereocenters. The molecule has 0 bridgehead atoms. The smallest absolute Gasteiger partial charge is 0.571 e. The Labute approximate surface area is 189 Å². The molecule has 2 aliphatic rings. The van der Waals surface area contributed by atoms with Crippen LogP contribution in [-0.2, 0) is 10.0 Å². The number of hydrogen-bond acceptors (Lipinski definition) is 6. The first-order chi connectivity index (χ1) is 12.8. The van der Waals surface area contributed by atoms with E-state index in [1.165, 1.54) is 37.6 Å². The number of ether oxygens (including phenoxy) is 2. The molecule has 1 aliphatic carbocycles. The summed E-state index contributed by atoms with van der Waals surface area (Å²) in [6.45, 7) is 0.341. The molecule has 8 nitrogen and oxygen atoms in total. The SMILES string of the molecule is COc1ccc(Cl)cc1S(=O)(=O)[N-]c1cnc2c(c1)C(=O)NC1(CC1)CO2.[Na+]. The Morgan fingerprint density at radius 1 is 1.32 bits per heavy atom. The van der Waals surface area contributed by atoms with Gasteiger partial charge in [0, 0.05) is 11.2 Å². The molecule has 1 fully saturated rings. The Morgan fingerprint density at radius 3 is 2.75 bits per heavy atom. The van der Waals surface area contributed by atoms with Gasteiger partial charge in [0.2, 0.25) is 5.88 Å². The number of carbonyl (C=O) groups is 1. The van der Waals surface area contributed by atoms with E-state index in [1.807, 2.05) is 0 Å². The van der Waals surface area contributed by atoms with Crippen LogP contribution in [0.2, 0.25) is 5.02 Å². The van der Waals surface area contributed by atoms with E-state index >= 15 is 0 Å². The van der Waals surface area contributed by atoms with Gasteiger partial charge in [0.05, 0.1) is 17.5 Å². The standard InChI is InChI=1S/C17H15ClN3O5S.Na/c1-25-13-3-2-10(18)6-14(13)27(23,24)21-11-7-12-15(22)20-17(4-5-17)9-26-16(12)19-8-11;/h2-3,6-8H,4-5,9H2,1H3,(H,20,22);/q-1;+1. The van der Waals surface area contributed by atoms with Crippen LogP contribution in [0.5, 0.6) is 11.6 Å². The van der Waals surface area contributed by atoms with Gasteiger partial charge in [0.1, 0.15) is 27.9 Å². The number of nitrogens with one attached hydrogen (secondary N) is 1. The van der Waals surface area contributed by atoms with E-state index in [0.29, 0.717) is 6.61 Å². The van der Waals surface area contributed by atoms with E-state index in [4.69, 9.17) is 21.1 Å². The maximum Gasteiger partial charge on any atom is 1.00 e. The van der Waals surface area contributed by atoms with E-state index in [9.17, 15) is 13.2 Å². The third kappa shape index (κ3) is 4.08. The maximum absolute atomic E-state index is 12.7. The van der Waals surface area contributed by atoms with E-state index in [-0.39, 0.29) is 73.8 Å². The van der Waals surface area contributed by atoms with Gasteiger partial charge in [-0.15, -0.1) is 5.69 Å². The van der Waals surface area contributed by atoms with Crippen LogP contribution in [0.15, 0.2) is 35.4 Å². The molecule has 142 valence electrons. The fourth-order valence-corrected chi connectivity index (χ4v) is 4.17. The van der Waals surface area contributed by atoms with Gasteiger partial charge in [-0.05, 0) is 31.0 Å². The summed E-state index contributed by atoms with van der Waals surface area (Å²) in [5, 5.41) is 3.13. The first-order valence-corrected chi connectivity index (χ1v) is 9.91. The van der Waals surface area contributed by atoms with Gasteiger partial charge in [-0.25, -0.2) is 13.4 Å². The first-order valence-electron chi connectivity index (χ1n) is 8.09. The van der Waals surface area contributed by atoms with E-state index < -0.39 is 10.0 Å². The zero-order chi connectivity index (χ0) is 19.2. The molecule has 1 N–H and O–H groups in total. The van der Waals surface area contributed by atoms with E-state index in [0.717, 1.165) is 12.8 Å². The molecule has 11 heteroatoms. The largest absolute Gasteiger partial charge is 1.00 e. The number of fused-ring (bicyclic) bond motifs is 1. The normalized spacial score (nSPS) is 16.7. The Hall–Kier alpha value is -1.52. The van der Waals surface area contributed by atoms with Gasteiger partial charge in [-0.2, -0.15) is 0 Å². The molecule has 4 rings (SSSR count). The van der Waals surface area contributed by atoms with Gasteiger partial charge in [0.15, 0.2) is 0 Å². The van der Waals surface area contributed by atoms with Crippen molar-refractivity contribution in [2.75, 3.05) is 13.7 Å². The van der Waals surface area contributed by atoms with Gasteiger partial charge >= 0.3 is 29.6 Å². The van der Waals surface area contributed by atoms with Crippen LogP contribution in [0.1, 0.15) is 23.2 Å². The molecule has 1 aliphatic heterocycles. The average Bonchev–Trinajstić information content (AvgIpc) is 3.41. The second-order valence-corrected chi connectivity index (χ2v) is 8.44. The van der Waals surface area contributed by atoms with Gasteiger partial charge in [-0.3, -0.25) is 4.79 Å². The van der Waals surface area contributed by atoms with Crippen molar-refractivity contribution in [3.05, 3.63) is 45.8 Å². The third-order valence-electron chi connectivity index (χ3n) is 4.43. The Kier molecular flexibility index (Phi) is 5.84. The van der Waals surface area contributed by atoms with Crippen LogP contribution in [0.3, 0.4) is 0 Å². The van der Waals surface area contributed by atoms with Crippen LogP contribution in [0.25, 0.3) is 4.72 Å². The number of benzene rings is 1. The molecule has 28 heavy (non-hydrogen) atoms. The topological polar surface area (TPSA) is 109 Å². The minimum Gasteiger partial charge on any atom is -0.571 e. The fourth-order valence-electron chi connectivity index (χ4n) is 2.78. The monoisotopic (exact) mass is 431 g/mol. The Bertz CT molecular complexity index is 1040. The molecule has 2 aromatic rings. The summed E-state index contributed by atoms with van der Waals surface area (Å²) >= 11 is 5.90. The summed E-state index contributed by atoms with van der Waals surface area (Å²) < 4.78 is 39.8. The summed E-state index contributed by atoms with van der Waals surface area (Å²) in [6.07, 6.45) is 2.92. The van der Waals surface area contributed by atoms with Crippen LogP contribution >= 0.6 is 11.6 Å². The molecular formula is C17H15ClN3NaO5S. The molecule has 0 radical (unpaired) electrons. The number of methoxy groups -OCH3 is 1. The fraction of sp³-hybridized carbons (Fsp3) is 0.294. The number of aromatic nitrogens is 1. The minimum absolute atomic E-state index is 0. The summed E-state index contributed by atoms with van der Waals surface area (Å²) in [5.74, 6) is -0.0853. The van der Waals surface area contributed by atoms with E-state index in [2.05, 4.69) is 15.0 Å². The molecule has 1 aromatic heterocycles.